The van der Waals surface area contributed by atoms with E-state index in [0.717, 1.165) is 16.7 Å². The van der Waals surface area contributed by atoms with E-state index in [1.54, 1.807) is 30.0 Å². The van der Waals surface area contributed by atoms with Crippen LogP contribution in [0.3, 0.4) is 0 Å². The van der Waals surface area contributed by atoms with E-state index in [0.29, 0.717) is 36.5 Å². The largest absolute Gasteiger partial charge is 0.507 e. The second kappa shape index (κ2) is 6.67. The highest BCUT2D eigenvalue weighted by Gasteiger charge is 2.35. The van der Waals surface area contributed by atoms with Crippen molar-refractivity contribution in [1.29, 1.82) is 0 Å². The van der Waals surface area contributed by atoms with Crippen LogP contribution in [-0.4, -0.2) is 34.0 Å². The number of para-hydroxylation sites is 1. The molecule has 0 bridgehead atoms. The fourth-order valence-corrected chi connectivity index (χ4v) is 3.92. The Morgan fingerprint density at radius 1 is 1.40 bits per heavy atom. The topological polar surface area (TPSA) is 53.4 Å². The summed E-state index contributed by atoms with van der Waals surface area (Å²) in [6.45, 7) is 2.52. The molecule has 1 aromatic carbocycles. The van der Waals surface area contributed by atoms with E-state index in [2.05, 4.69) is 4.98 Å². The number of nitrogens with zero attached hydrogens (tertiary/aromatic N) is 2. The first kappa shape index (κ1) is 17.7. The van der Waals surface area contributed by atoms with Gasteiger partial charge in [0.1, 0.15) is 5.75 Å². The van der Waals surface area contributed by atoms with Crippen LogP contribution in [0.15, 0.2) is 23.6 Å². The number of hydrogen-bond donors (Lipinski definition) is 1. The van der Waals surface area contributed by atoms with Crippen LogP contribution < -0.4 is 0 Å². The van der Waals surface area contributed by atoms with E-state index < -0.39 is 11.9 Å². The Morgan fingerprint density at radius 3 is 2.84 bits per heavy atom. The summed E-state index contributed by atoms with van der Waals surface area (Å²) in [5.74, 6) is -0.576. The van der Waals surface area contributed by atoms with Gasteiger partial charge in [0.2, 0.25) is 0 Å². The molecule has 1 N–H and O–H groups in total. The number of aromatic nitrogens is 1. The van der Waals surface area contributed by atoms with Crippen LogP contribution in [0.5, 0.6) is 5.75 Å². The zero-order valence-electron chi connectivity index (χ0n) is 13.5. The van der Waals surface area contributed by atoms with Gasteiger partial charge in [0, 0.05) is 24.4 Å². The molecular formula is C17H17F3N2O2S. The molecule has 1 aliphatic heterocycles. The van der Waals surface area contributed by atoms with Crippen molar-refractivity contribution in [3.05, 3.63) is 45.4 Å². The number of aromatic hydroxyl groups is 1. The molecule has 4 nitrogen and oxygen atoms in total. The molecule has 0 aliphatic carbocycles. The van der Waals surface area contributed by atoms with Gasteiger partial charge < -0.3 is 10.0 Å². The van der Waals surface area contributed by atoms with Crippen molar-refractivity contribution in [2.75, 3.05) is 13.1 Å². The number of likely N-dealkylation sites (tertiary alicyclic amines) is 1. The number of piperidine rings is 1. The molecule has 2 aromatic rings. The second-order valence-corrected chi connectivity index (χ2v) is 7.02. The zero-order chi connectivity index (χ0) is 18.2. The average Bonchev–Trinajstić information content (AvgIpc) is 3.07. The van der Waals surface area contributed by atoms with Gasteiger partial charge in [-0.05, 0) is 31.4 Å². The first-order chi connectivity index (χ1) is 11.8. The minimum atomic E-state index is -4.45. The molecule has 1 unspecified atom stereocenters. The Balaban J connectivity index is 1.78. The van der Waals surface area contributed by atoms with Crippen LogP contribution >= 0.6 is 11.3 Å². The van der Waals surface area contributed by atoms with Gasteiger partial charge in [-0.3, -0.25) is 4.79 Å². The van der Waals surface area contributed by atoms with Crippen molar-refractivity contribution in [2.45, 2.75) is 31.9 Å². The third-order valence-corrected chi connectivity index (χ3v) is 5.35. The van der Waals surface area contributed by atoms with Gasteiger partial charge >= 0.3 is 6.18 Å². The predicted octanol–water partition coefficient (Wildman–Crippen LogP) is 4.20. The Kier molecular flexibility index (Phi) is 4.73. The molecule has 1 aliphatic rings. The standard InChI is InChI=1S/C17H17F3N2O2S/c1-10-4-2-6-12(14(10)23)16(24)22-7-3-5-11(8-22)15-21-13(9-25-15)17(18,19)20/h2,4,6,9,11,23H,3,5,7-8H2,1H3. The number of carbonyl (C=O) groups excluding carboxylic acids is 1. The summed E-state index contributed by atoms with van der Waals surface area (Å²) in [6, 6.07) is 4.96. The molecule has 1 aromatic heterocycles. The molecule has 1 amide bonds. The third kappa shape index (κ3) is 3.63. The summed E-state index contributed by atoms with van der Waals surface area (Å²) in [6.07, 6.45) is -3.08. The lowest BCUT2D eigenvalue weighted by molar-refractivity contribution is -0.140. The lowest BCUT2D eigenvalue weighted by atomic mass is 9.97. The van der Waals surface area contributed by atoms with E-state index in [1.165, 1.54) is 0 Å². The van der Waals surface area contributed by atoms with Gasteiger partial charge in [-0.25, -0.2) is 4.98 Å². The van der Waals surface area contributed by atoms with E-state index in [9.17, 15) is 23.1 Å². The van der Waals surface area contributed by atoms with Crippen molar-refractivity contribution in [3.8, 4) is 5.75 Å². The van der Waals surface area contributed by atoms with Crippen LogP contribution in [0, 0.1) is 6.92 Å². The number of phenolic OH excluding ortho intramolecular Hbond substituents is 1. The van der Waals surface area contributed by atoms with Gasteiger partial charge in [0.05, 0.1) is 10.6 Å². The number of hydrogen-bond acceptors (Lipinski definition) is 4. The highest BCUT2D eigenvalue weighted by molar-refractivity contribution is 7.09. The number of halogens is 3. The summed E-state index contributed by atoms with van der Waals surface area (Å²) in [5, 5.41) is 11.5. The quantitative estimate of drug-likeness (QED) is 0.862. The molecule has 8 heteroatoms. The summed E-state index contributed by atoms with van der Waals surface area (Å²) in [4.78, 5) is 18.0. The number of benzene rings is 1. The number of aryl methyl sites for hydroxylation is 1. The normalized spacial score (nSPS) is 18.4. The number of carbonyl (C=O) groups is 1. The number of thiazole rings is 1. The minimum absolute atomic E-state index is 0.0526. The van der Waals surface area contributed by atoms with Gasteiger partial charge in [0.15, 0.2) is 5.69 Å². The van der Waals surface area contributed by atoms with Crippen molar-refractivity contribution in [3.63, 3.8) is 0 Å². The summed E-state index contributed by atoms with van der Waals surface area (Å²) in [5.41, 5.74) is -0.0581. The Morgan fingerprint density at radius 2 is 2.16 bits per heavy atom. The molecule has 1 atom stereocenters. The van der Waals surface area contributed by atoms with E-state index >= 15 is 0 Å². The van der Waals surface area contributed by atoms with Gasteiger partial charge in [-0.2, -0.15) is 13.2 Å². The van der Waals surface area contributed by atoms with E-state index in [4.69, 9.17) is 0 Å². The lowest BCUT2D eigenvalue weighted by Gasteiger charge is -2.32. The minimum Gasteiger partial charge on any atom is -0.507 e. The van der Waals surface area contributed by atoms with Crippen LogP contribution in [0.2, 0.25) is 0 Å². The molecule has 134 valence electrons. The monoisotopic (exact) mass is 370 g/mol. The molecule has 3 rings (SSSR count). The molecule has 25 heavy (non-hydrogen) atoms. The molecular weight excluding hydrogens is 353 g/mol. The maximum Gasteiger partial charge on any atom is 0.434 e. The Bertz CT molecular complexity index is 788. The first-order valence-electron chi connectivity index (χ1n) is 7.88. The maximum absolute atomic E-state index is 12.7. The fourth-order valence-electron chi connectivity index (χ4n) is 2.97. The Labute approximate surface area is 146 Å². The molecule has 2 heterocycles. The van der Waals surface area contributed by atoms with Crippen molar-refractivity contribution in [1.82, 2.24) is 9.88 Å². The zero-order valence-corrected chi connectivity index (χ0v) is 14.3. The Hall–Kier alpha value is -2.09. The lowest BCUT2D eigenvalue weighted by Crippen LogP contribution is -2.39. The van der Waals surface area contributed by atoms with Gasteiger partial charge in [0.25, 0.3) is 5.91 Å². The van der Waals surface area contributed by atoms with Crippen LogP contribution in [0.25, 0.3) is 0 Å². The third-order valence-electron chi connectivity index (χ3n) is 4.34. The SMILES string of the molecule is Cc1cccc(C(=O)N2CCCC(c3nc(C(F)(F)F)cs3)C2)c1O. The number of rotatable bonds is 2. The molecule has 1 saturated heterocycles. The van der Waals surface area contributed by atoms with Crippen molar-refractivity contribution < 1.29 is 23.1 Å². The number of amides is 1. The summed E-state index contributed by atoms with van der Waals surface area (Å²) >= 11 is 0.980. The van der Waals surface area contributed by atoms with Crippen LogP contribution in [0.4, 0.5) is 13.2 Å². The smallest absolute Gasteiger partial charge is 0.434 e. The number of phenols is 1. The van der Waals surface area contributed by atoms with Gasteiger partial charge in [-0.15, -0.1) is 11.3 Å². The highest BCUT2D eigenvalue weighted by atomic mass is 32.1. The second-order valence-electron chi connectivity index (χ2n) is 6.13. The van der Waals surface area contributed by atoms with Crippen molar-refractivity contribution >= 4 is 17.2 Å². The molecule has 0 spiro atoms. The first-order valence-corrected chi connectivity index (χ1v) is 8.76. The number of alkyl halides is 3. The van der Waals surface area contributed by atoms with Crippen LogP contribution in [-0.2, 0) is 6.18 Å². The summed E-state index contributed by atoms with van der Waals surface area (Å²) < 4.78 is 38.2. The molecule has 1 fully saturated rings. The van der Waals surface area contributed by atoms with Gasteiger partial charge in [-0.1, -0.05) is 12.1 Å². The predicted molar refractivity (Wildman–Crippen MR) is 87.8 cm³/mol. The van der Waals surface area contributed by atoms with E-state index in [1.807, 2.05) is 0 Å². The molecule has 0 saturated carbocycles. The van der Waals surface area contributed by atoms with Crippen molar-refractivity contribution in [2.24, 2.45) is 0 Å². The average molecular weight is 370 g/mol. The fraction of sp³-hybridized carbons (Fsp3) is 0.412. The highest BCUT2D eigenvalue weighted by Crippen LogP contribution is 2.35. The van der Waals surface area contributed by atoms with E-state index in [-0.39, 0.29) is 23.1 Å². The maximum atomic E-state index is 12.7. The molecule has 0 radical (unpaired) electrons. The van der Waals surface area contributed by atoms with Crippen LogP contribution in [0.1, 0.15) is 45.4 Å². The summed E-state index contributed by atoms with van der Waals surface area (Å²) in [7, 11) is 0.